The number of anilines is 1. The number of benzene rings is 1. The zero-order valence-electron chi connectivity index (χ0n) is 17.1. The van der Waals surface area contributed by atoms with Gasteiger partial charge in [-0.1, -0.05) is 12.1 Å². The van der Waals surface area contributed by atoms with Crippen LogP contribution in [0.4, 0.5) is 6.01 Å². The second-order valence-electron chi connectivity index (χ2n) is 7.32. The van der Waals surface area contributed by atoms with Crippen molar-refractivity contribution in [2.75, 3.05) is 18.0 Å². The Morgan fingerprint density at radius 1 is 1.16 bits per heavy atom. The van der Waals surface area contributed by atoms with Crippen molar-refractivity contribution >= 4 is 17.4 Å². The van der Waals surface area contributed by atoms with Gasteiger partial charge in [0.1, 0.15) is 18.7 Å². The zero-order chi connectivity index (χ0) is 21.0. The Morgan fingerprint density at radius 3 is 2.71 bits per heavy atom. The average Bonchev–Trinajstić information content (AvgIpc) is 3.60. The van der Waals surface area contributed by atoms with Gasteiger partial charge in [0.25, 0.3) is 0 Å². The van der Waals surface area contributed by atoms with E-state index in [4.69, 9.17) is 14.2 Å². The lowest BCUT2D eigenvalue weighted by Crippen LogP contribution is -2.33. The third kappa shape index (κ3) is 4.41. The molecule has 0 aliphatic carbocycles. The summed E-state index contributed by atoms with van der Waals surface area (Å²) in [4.78, 5) is 11.4. The van der Waals surface area contributed by atoms with Gasteiger partial charge in [0.2, 0.25) is 0 Å². The van der Waals surface area contributed by atoms with Crippen LogP contribution in [0.1, 0.15) is 42.2 Å². The fourth-order valence-electron chi connectivity index (χ4n) is 3.54. The molecule has 1 aliphatic heterocycles. The molecule has 1 aliphatic rings. The van der Waals surface area contributed by atoms with Crippen molar-refractivity contribution in [3.05, 3.63) is 52.5 Å². The summed E-state index contributed by atoms with van der Waals surface area (Å²) in [6.45, 7) is 4.27. The lowest BCUT2D eigenvalue weighted by atomic mass is 9.98. The molecular weight excluding hydrogens is 416 g/mol. The first-order valence-corrected chi connectivity index (χ1v) is 11.1. The molecule has 0 amide bonds. The highest BCUT2D eigenvalue weighted by Crippen LogP contribution is 2.32. The zero-order valence-corrected chi connectivity index (χ0v) is 17.9. The van der Waals surface area contributed by atoms with E-state index in [1.807, 2.05) is 31.2 Å². The van der Waals surface area contributed by atoms with Crippen LogP contribution >= 0.6 is 11.3 Å². The van der Waals surface area contributed by atoms with Gasteiger partial charge in [-0.25, -0.2) is 9.67 Å². The first-order chi connectivity index (χ1) is 15.3. The molecule has 4 heterocycles. The number of aryl methyl sites for hydroxylation is 1. The number of thiazole rings is 1. The van der Waals surface area contributed by atoms with Crippen molar-refractivity contribution in [2.24, 2.45) is 0 Å². The molecule has 0 N–H and O–H groups in total. The summed E-state index contributed by atoms with van der Waals surface area (Å²) in [6, 6.07) is 8.27. The largest absolute Gasteiger partial charge is 0.487 e. The average molecular weight is 439 g/mol. The SMILES string of the molecule is CCc1noc(N2CCC(c3nc(COc4ccc(-n5cnnn5)cc4)cs3)CC2)n1. The van der Waals surface area contributed by atoms with Crippen LogP contribution in [0.15, 0.2) is 40.5 Å². The van der Waals surface area contributed by atoms with Crippen LogP contribution < -0.4 is 9.64 Å². The minimum atomic E-state index is 0.446. The summed E-state index contributed by atoms with van der Waals surface area (Å²) < 4.78 is 12.9. The number of hydrogen-bond acceptors (Lipinski definition) is 10. The van der Waals surface area contributed by atoms with Crippen molar-refractivity contribution in [3.63, 3.8) is 0 Å². The molecule has 0 spiro atoms. The molecule has 0 bridgehead atoms. The topological polar surface area (TPSA) is 108 Å². The number of ether oxygens (including phenoxy) is 1. The highest BCUT2D eigenvalue weighted by atomic mass is 32.1. The summed E-state index contributed by atoms with van der Waals surface area (Å²) in [6.07, 6.45) is 4.39. The van der Waals surface area contributed by atoms with Crippen molar-refractivity contribution in [2.45, 2.75) is 38.7 Å². The number of tetrazole rings is 1. The summed E-state index contributed by atoms with van der Waals surface area (Å²) in [5.74, 6) is 2.00. The number of piperidine rings is 1. The summed E-state index contributed by atoms with van der Waals surface area (Å²) in [5.41, 5.74) is 1.84. The highest BCUT2D eigenvalue weighted by Gasteiger charge is 2.25. The van der Waals surface area contributed by atoms with Crippen molar-refractivity contribution in [3.8, 4) is 11.4 Å². The van der Waals surface area contributed by atoms with Gasteiger partial charge in [0.05, 0.1) is 16.4 Å². The monoisotopic (exact) mass is 438 g/mol. The van der Waals surface area contributed by atoms with Crippen LogP contribution in [0.3, 0.4) is 0 Å². The molecule has 1 fully saturated rings. The van der Waals surface area contributed by atoms with E-state index >= 15 is 0 Å². The predicted molar refractivity (Wildman–Crippen MR) is 113 cm³/mol. The Kier molecular flexibility index (Phi) is 5.57. The van der Waals surface area contributed by atoms with Crippen LogP contribution in [0.5, 0.6) is 5.75 Å². The molecule has 1 aromatic carbocycles. The molecule has 31 heavy (non-hydrogen) atoms. The maximum absolute atomic E-state index is 5.90. The van der Waals surface area contributed by atoms with E-state index in [0.29, 0.717) is 18.5 Å². The van der Waals surface area contributed by atoms with Crippen LogP contribution in [-0.4, -0.2) is 48.4 Å². The number of hydrogen-bond donors (Lipinski definition) is 0. The Hall–Kier alpha value is -3.34. The van der Waals surface area contributed by atoms with E-state index in [1.54, 1.807) is 22.3 Å². The quantitative estimate of drug-likeness (QED) is 0.430. The molecule has 1 saturated heterocycles. The Bertz CT molecular complexity index is 1100. The van der Waals surface area contributed by atoms with E-state index in [-0.39, 0.29) is 0 Å². The van der Waals surface area contributed by atoms with E-state index in [2.05, 4.69) is 35.9 Å². The number of nitrogens with zero attached hydrogens (tertiary/aromatic N) is 8. The van der Waals surface area contributed by atoms with Crippen molar-refractivity contribution in [1.29, 1.82) is 0 Å². The van der Waals surface area contributed by atoms with Gasteiger partial charge in [0, 0.05) is 30.8 Å². The second kappa shape index (κ2) is 8.80. The summed E-state index contributed by atoms with van der Waals surface area (Å²) in [7, 11) is 0. The standard InChI is InChI=1S/C20H22N8O2S/c1-2-18-23-20(30-24-18)27-9-7-14(8-10-27)19-22-15(12-31-19)11-29-17-5-3-16(4-6-17)28-13-21-25-26-28/h3-6,12-14H,2,7-11H2,1H3. The van der Waals surface area contributed by atoms with Gasteiger partial charge in [-0.15, -0.1) is 16.4 Å². The molecule has 3 aromatic heterocycles. The predicted octanol–water partition coefficient (Wildman–Crippen LogP) is 3.03. The third-order valence-corrected chi connectivity index (χ3v) is 6.35. The van der Waals surface area contributed by atoms with Gasteiger partial charge in [-0.05, 0) is 47.5 Å². The van der Waals surface area contributed by atoms with Crippen LogP contribution in [0.2, 0.25) is 0 Å². The van der Waals surface area contributed by atoms with Crippen LogP contribution in [0, 0.1) is 0 Å². The van der Waals surface area contributed by atoms with Crippen LogP contribution in [0.25, 0.3) is 5.69 Å². The Balaban J connectivity index is 1.14. The smallest absolute Gasteiger partial charge is 0.324 e. The van der Waals surface area contributed by atoms with Crippen molar-refractivity contribution in [1.82, 2.24) is 35.3 Å². The third-order valence-electron chi connectivity index (χ3n) is 5.29. The normalized spacial score (nSPS) is 14.8. The van der Waals surface area contributed by atoms with Gasteiger partial charge in [-0.3, -0.25) is 0 Å². The Morgan fingerprint density at radius 2 is 2.00 bits per heavy atom. The van der Waals surface area contributed by atoms with Crippen molar-refractivity contribution < 1.29 is 9.26 Å². The molecule has 10 nitrogen and oxygen atoms in total. The molecule has 0 unspecified atom stereocenters. The maximum atomic E-state index is 5.90. The van der Waals surface area contributed by atoms with Crippen LogP contribution in [-0.2, 0) is 13.0 Å². The molecule has 4 aromatic rings. The maximum Gasteiger partial charge on any atom is 0.324 e. The first-order valence-electron chi connectivity index (χ1n) is 10.3. The number of aromatic nitrogens is 7. The Labute approximate surface area is 182 Å². The summed E-state index contributed by atoms with van der Waals surface area (Å²) >= 11 is 1.71. The molecular formula is C20H22N8O2S. The van der Waals surface area contributed by atoms with Gasteiger partial charge in [-0.2, -0.15) is 4.98 Å². The molecule has 11 heteroatoms. The van der Waals surface area contributed by atoms with Gasteiger partial charge < -0.3 is 14.2 Å². The summed E-state index contributed by atoms with van der Waals surface area (Å²) in [5, 5.41) is 18.4. The van der Waals surface area contributed by atoms with E-state index in [1.165, 1.54) is 5.01 Å². The fraction of sp³-hybridized carbons (Fsp3) is 0.400. The molecule has 0 atom stereocenters. The molecule has 0 radical (unpaired) electrons. The van der Waals surface area contributed by atoms with E-state index in [9.17, 15) is 0 Å². The molecule has 160 valence electrons. The van der Waals surface area contributed by atoms with Gasteiger partial charge in [0.15, 0.2) is 5.82 Å². The van der Waals surface area contributed by atoms with E-state index in [0.717, 1.165) is 55.3 Å². The molecule has 5 rings (SSSR count). The fourth-order valence-corrected chi connectivity index (χ4v) is 4.52. The van der Waals surface area contributed by atoms with Gasteiger partial charge >= 0.3 is 6.01 Å². The minimum Gasteiger partial charge on any atom is -0.487 e. The lowest BCUT2D eigenvalue weighted by Gasteiger charge is -2.29. The van der Waals surface area contributed by atoms with E-state index < -0.39 is 0 Å². The lowest BCUT2D eigenvalue weighted by molar-refractivity contribution is 0.301. The highest BCUT2D eigenvalue weighted by molar-refractivity contribution is 7.09. The number of rotatable bonds is 7. The first kappa shape index (κ1) is 19.6. The molecule has 0 saturated carbocycles. The minimum absolute atomic E-state index is 0.446. The second-order valence-corrected chi connectivity index (χ2v) is 8.21.